The quantitative estimate of drug-likeness (QED) is 0.631. The average molecular weight is 204 g/mol. The summed E-state index contributed by atoms with van der Waals surface area (Å²) in [5.41, 5.74) is 0. The maximum Gasteiger partial charge on any atom is -0.0114 e. The maximum absolute atomic E-state index is 2.46. The van der Waals surface area contributed by atoms with Crippen molar-refractivity contribution in [2.45, 2.75) is 45.8 Å². The first-order chi connectivity index (χ1) is 5.73. The minimum atomic E-state index is -0.355. The molecule has 0 amide bonds. The molecule has 0 aliphatic heterocycles. The molecule has 0 aliphatic carbocycles. The van der Waals surface area contributed by atoms with Gasteiger partial charge in [0.2, 0.25) is 0 Å². The molecule has 0 saturated heterocycles. The molecule has 13 heavy (non-hydrogen) atoms. The van der Waals surface area contributed by atoms with E-state index >= 15 is 0 Å². The Balaban J connectivity index is 4.20. The smallest absolute Gasteiger partial charge is 0.0114 e. The monoisotopic (exact) mass is 204 g/mol. The molecule has 0 unspecified atom stereocenters. The van der Waals surface area contributed by atoms with Crippen molar-refractivity contribution in [3.8, 4) is 0 Å². The van der Waals surface area contributed by atoms with Crippen molar-refractivity contribution in [2.75, 3.05) is 18.8 Å². The lowest BCUT2D eigenvalue weighted by Crippen LogP contribution is -2.20. The molecular weight excluding hydrogens is 176 g/mol. The minimum Gasteiger partial charge on any atom is -0.247 e. The molecule has 0 radical (unpaired) electrons. The lowest BCUT2D eigenvalue weighted by molar-refractivity contribution is 0.489. The van der Waals surface area contributed by atoms with Gasteiger partial charge in [-0.3, -0.25) is 0 Å². The van der Waals surface area contributed by atoms with Crippen molar-refractivity contribution in [1.82, 2.24) is 0 Å². The third-order valence-electron chi connectivity index (χ3n) is 2.47. The lowest BCUT2D eigenvalue weighted by Gasteiger charge is -2.38. The Morgan fingerprint density at radius 2 is 1.08 bits per heavy atom. The van der Waals surface area contributed by atoms with Crippen LogP contribution in [0.15, 0.2) is 0 Å². The first-order valence-corrected chi connectivity index (χ1v) is 8.32. The first-order valence-electron chi connectivity index (χ1n) is 5.40. The largest absolute Gasteiger partial charge is 0.247 e. The molecule has 1 heteroatoms. The van der Waals surface area contributed by atoms with E-state index in [4.69, 9.17) is 0 Å². The Labute approximate surface area is 86.8 Å². The SMILES string of the molecule is CC(C)CC(CC(C)C)S(C)(C)C. The molecule has 0 nitrogen and oxygen atoms in total. The highest BCUT2D eigenvalue weighted by atomic mass is 32.3. The second kappa shape index (κ2) is 5.29. The van der Waals surface area contributed by atoms with Gasteiger partial charge in [0.15, 0.2) is 0 Å². The van der Waals surface area contributed by atoms with E-state index < -0.39 is 0 Å². The summed E-state index contributed by atoms with van der Waals surface area (Å²) in [5, 5.41) is 0.965. The zero-order chi connectivity index (χ0) is 10.6. The summed E-state index contributed by atoms with van der Waals surface area (Å²) in [6, 6.07) is 0. The second-order valence-electron chi connectivity index (χ2n) is 5.81. The van der Waals surface area contributed by atoms with Crippen LogP contribution in [0.3, 0.4) is 0 Å². The minimum absolute atomic E-state index is 0.355. The van der Waals surface area contributed by atoms with Crippen LogP contribution >= 0.6 is 10.0 Å². The molecule has 0 aromatic heterocycles. The summed E-state index contributed by atoms with van der Waals surface area (Å²) < 4.78 is 0. The normalized spacial score (nSPS) is 14.6. The number of hydrogen-bond acceptors (Lipinski definition) is 0. The van der Waals surface area contributed by atoms with Crippen LogP contribution in [-0.4, -0.2) is 24.0 Å². The van der Waals surface area contributed by atoms with Crippen molar-refractivity contribution in [3.05, 3.63) is 0 Å². The third kappa shape index (κ3) is 6.42. The summed E-state index contributed by atoms with van der Waals surface area (Å²) in [6.07, 6.45) is 10.2. The molecule has 0 N–H and O–H groups in total. The maximum atomic E-state index is 2.46. The average Bonchev–Trinajstić information content (AvgIpc) is 1.81. The highest BCUT2D eigenvalue weighted by Gasteiger charge is 2.21. The zero-order valence-corrected chi connectivity index (χ0v) is 11.4. The first kappa shape index (κ1) is 13.4. The molecule has 0 atom stereocenters. The molecule has 0 bridgehead atoms. The summed E-state index contributed by atoms with van der Waals surface area (Å²) in [7, 11) is -0.355. The zero-order valence-electron chi connectivity index (χ0n) is 10.6. The van der Waals surface area contributed by atoms with Gasteiger partial charge in [0.05, 0.1) is 0 Å². The van der Waals surface area contributed by atoms with Crippen LogP contribution in [0.4, 0.5) is 0 Å². The Bertz CT molecular complexity index is 121. The van der Waals surface area contributed by atoms with Crippen LogP contribution in [0.25, 0.3) is 0 Å². The van der Waals surface area contributed by atoms with Gasteiger partial charge in [0.1, 0.15) is 0 Å². The van der Waals surface area contributed by atoms with E-state index in [0.717, 1.165) is 17.1 Å². The fourth-order valence-corrected chi connectivity index (χ4v) is 3.65. The fourth-order valence-electron chi connectivity index (χ4n) is 1.73. The Morgan fingerprint density at radius 1 is 0.769 bits per heavy atom. The van der Waals surface area contributed by atoms with Gasteiger partial charge in [-0.05, 0) is 48.7 Å². The predicted molar refractivity (Wildman–Crippen MR) is 68.1 cm³/mol. The number of rotatable bonds is 5. The van der Waals surface area contributed by atoms with E-state index in [-0.39, 0.29) is 10.0 Å². The van der Waals surface area contributed by atoms with Crippen LogP contribution in [0.5, 0.6) is 0 Å². The van der Waals surface area contributed by atoms with E-state index in [0.29, 0.717) is 0 Å². The molecule has 0 heterocycles. The van der Waals surface area contributed by atoms with Crippen molar-refractivity contribution in [1.29, 1.82) is 0 Å². The van der Waals surface area contributed by atoms with Crippen molar-refractivity contribution >= 4 is 10.0 Å². The van der Waals surface area contributed by atoms with Crippen molar-refractivity contribution in [2.24, 2.45) is 11.8 Å². The lowest BCUT2D eigenvalue weighted by atomic mass is 10.0. The highest BCUT2D eigenvalue weighted by Crippen LogP contribution is 2.46. The number of hydrogen-bond donors (Lipinski definition) is 0. The molecular formula is C12H28S. The second-order valence-corrected chi connectivity index (χ2v) is 10.3. The topological polar surface area (TPSA) is 0 Å². The van der Waals surface area contributed by atoms with E-state index in [1.165, 1.54) is 12.8 Å². The highest BCUT2D eigenvalue weighted by molar-refractivity contribution is 8.32. The summed E-state index contributed by atoms with van der Waals surface area (Å²) >= 11 is 0. The van der Waals surface area contributed by atoms with Gasteiger partial charge in [0.25, 0.3) is 0 Å². The Morgan fingerprint density at radius 3 is 1.23 bits per heavy atom. The van der Waals surface area contributed by atoms with Crippen LogP contribution in [0.2, 0.25) is 0 Å². The van der Waals surface area contributed by atoms with E-state index in [9.17, 15) is 0 Å². The van der Waals surface area contributed by atoms with Crippen molar-refractivity contribution < 1.29 is 0 Å². The predicted octanol–water partition coefficient (Wildman–Crippen LogP) is 4.14. The molecule has 82 valence electrons. The standard InChI is InChI=1S/C12H28S/c1-10(2)8-12(9-11(3)4)13(5,6)7/h10-12H,8-9H2,1-7H3. The summed E-state index contributed by atoms with van der Waals surface area (Å²) in [6.45, 7) is 9.38. The van der Waals surface area contributed by atoms with Crippen LogP contribution in [0, 0.1) is 11.8 Å². The summed E-state index contributed by atoms with van der Waals surface area (Å²) in [5.74, 6) is 1.71. The molecule has 0 aliphatic rings. The molecule has 0 aromatic rings. The Hall–Kier alpha value is 0.350. The molecule has 0 fully saturated rings. The van der Waals surface area contributed by atoms with Gasteiger partial charge in [0, 0.05) is 0 Å². The van der Waals surface area contributed by atoms with Crippen LogP contribution in [0.1, 0.15) is 40.5 Å². The third-order valence-corrected chi connectivity index (χ3v) is 4.85. The van der Waals surface area contributed by atoms with Gasteiger partial charge >= 0.3 is 0 Å². The van der Waals surface area contributed by atoms with Crippen LogP contribution in [-0.2, 0) is 0 Å². The van der Waals surface area contributed by atoms with E-state index in [2.05, 4.69) is 46.5 Å². The summed E-state index contributed by atoms with van der Waals surface area (Å²) in [4.78, 5) is 0. The van der Waals surface area contributed by atoms with E-state index in [1.54, 1.807) is 0 Å². The van der Waals surface area contributed by atoms with Crippen molar-refractivity contribution in [3.63, 3.8) is 0 Å². The van der Waals surface area contributed by atoms with Gasteiger partial charge < -0.3 is 0 Å². The fraction of sp³-hybridized carbons (Fsp3) is 1.00. The Kier molecular flexibility index (Phi) is 5.43. The molecule has 0 saturated carbocycles. The van der Waals surface area contributed by atoms with Crippen LogP contribution < -0.4 is 0 Å². The molecule has 0 aromatic carbocycles. The van der Waals surface area contributed by atoms with E-state index in [1.807, 2.05) is 0 Å². The molecule has 0 spiro atoms. The van der Waals surface area contributed by atoms with Gasteiger partial charge in [-0.2, -0.15) is 0 Å². The van der Waals surface area contributed by atoms with Gasteiger partial charge in [-0.1, -0.05) is 27.7 Å². The molecule has 0 rings (SSSR count). The van der Waals surface area contributed by atoms with Gasteiger partial charge in [-0.25, -0.2) is 10.0 Å². The van der Waals surface area contributed by atoms with Gasteiger partial charge in [-0.15, -0.1) is 0 Å².